The zero-order valence-electron chi connectivity index (χ0n) is 45.4. The number of quaternary nitrogens is 1. The lowest BCUT2D eigenvalue weighted by Crippen LogP contribution is -2.88. The Morgan fingerprint density at radius 1 is 0.419 bits per heavy atom. The summed E-state index contributed by atoms with van der Waals surface area (Å²) in [4.78, 5) is 12.8. The van der Waals surface area contributed by atoms with Crippen LogP contribution in [0.1, 0.15) is 234 Å². The molecular weight excluding hydrogens is 1080 g/mol. The molecule has 0 aliphatic heterocycles. The highest BCUT2D eigenvalue weighted by Gasteiger charge is 2.88. The first-order chi connectivity index (χ1) is 34.5. The molecule has 27 heteroatoms. The molecule has 0 amide bonds. The summed E-state index contributed by atoms with van der Waals surface area (Å²) in [5.74, 6) is -16.8. The van der Waals surface area contributed by atoms with E-state index in [2.05, 4.69) is 0 Å². The van der Waals surface area contributed by atoms with E-state index < -0.39 is 162 Å². The standard InChI is InChI=1S/C47H92F5N5O12S5/c1-8-13-18-23-28-33-38-70(60,61)53(48)46(43-44(6)45(58)59,57(7,52)74(68,69)42-37-32-27-22-17-12-5)47(54(49)71(62,63)39-34-29-24-19-14-9-2,55(50)72(64,65)40-35-30-25-20-15-10-3)56(51)73(66,67)41-36-31-26-21-16-11-4/h43H,8-42H2,1-7H3. The molecule has 2 unspecified atom stereocenters. The van der Waals surface area contributed by atoms with Crippen molar-refractivity contribution in [2.75, 3.05) is 35.8 Å². The summed E-state index contributed by atoms with van der Waals surface area (Å²) in [6, 6.07) is 0. The largest absolute Gasteiger partial charge is 0.545 e. The Labute approximate surface area is 443 Å². The smallest absolute Gasteiger partial charge is 0.337 e. The molecule has 0 spiro atoms. The molecule has 2 atom stereocenters. The van der Waals surface area contributed by atoms with E-state index in [-0.39, 0.29) is 64.8 Å². The number of carboxylic acids is 1. The van der Waals surface area contributed by atoms with E-state index in [0.717, 1.165) is 12.8 Å². The van der Waals surface area contributed by atoms with Gasteiger partial charge < -0.3 is 9.90 Å². The first-order valence-electron chi connectivity index (χ1n) is 27.0. The first-order valence-corrected chi connectivity index (χ1v) is 35.0. The summed E-state index contributed by atoms with van der Waals surface area (Å²) in [6.45, 7) is 9.60. The minimum Gasteiger partial charge on any atom is -0.545 e. The van der Waals surface area contributed by atoms with Crippen LogP contribution in [0.5, 0.6) is 0 Å². The number of carboxylic acid groups (broad SMARTS) is 1. The van der Waals surface area contributed by atoms with Gasteiger partial charge >= 0.3 is 21.5 Å². The van der Waals surface area contributed by atoms with Crippen LogP contribution >= 0.6 is 0 Å². The van der Waals surface area contributed by atoms with E-state index in [9.17, 15) is 52.0 Å². The lowest BCUT2D eigenvalue weighted by molar-refractivity contribution is -0.995. The molecule has 0 fully saturated rings. The summed E-state index contributed by atoms with van der Waals surface area (Å²) >= 11 is 0. The number of nitrogens with zero attached hydrogens (tertiary/aromatic N) is 5. The maximum atomic E-state index is 19.1. The highest BCUT2D eigenvalue weighted by atomic mass is 32.2. The van der Waals surface area contributed by atoms with Gasteiger partial charge in [-0.1, -0.05) is 195 Å². The van der Waals surface area contributed by atoms with Crippen molar-refractivity contribution < 1.29 is 78.5 Å². The summed E-state index contributed by atoms with van der Waals surface area (Å²) in [7, 11) is -32.4. The molecule has 74 heavy (non-hydrogen) atoms. The van der Waals surface area contributed by atoms with Crippen molar-refractivity contribution >= 4 is 56.1 Å². The van der Waals surface area contributed by atoms with E-state index in [1.807, 2.05) is 34.6 Å². The highest BCUT2D eigenvalue weighted by Crippen LogP contribution is 2.54. The van der Waals surface area contributed by atoms with Crippen LogP contribution in [0, 0.1) is 0 Å². The first kappa shape index (κ1) is 72.4. The minimum absolute atomic E-state index is 0.0490. The van der Waals surface area contributed by atoms with Gasteiger partial charge in [-0.2, -0.15) is 8.42 Å². The summed E-state index contributed by atoms with van der Waals surface area (Å²) in [5.41, 5.74) is -7.54. The van der Waals surface area contributed by atoms with E-state index in [0.29, 0.717) is 96.8 Å². The number of carbonyl (C=O) groups excluding carboxylic acids is 1. The van der Waals surface area contributed by atoms with Crippen molar-refractivity contribution in [3.63, 3.8) is 0 Å². The van der Waals surface area contributed by atoms with Gasteiger partial charge in [-0.3, -0.25) is 0 Å². The Morgan fingerprint density at radius 3 is 0.878 bits per heavy atom. The topological polar surface area (TPSA) is 224 Å². The van der Waals surface area contributed by atoms with E-state index in [1.54, 1.807) is 0 Å². The van der Waals surface area contributed by atoms with Gasteiger partial charge in [-0.15, -0.1) is 17.9 Å². The lowest BCUT2D eigenvalue weighted by Gasteiger charge is -2.53. The second kappa shape index (κ2) is 35.1. The number of aliphatic carboxylic acids is 1. The van der Waals surface area contributed by atoms with Crippen LogP contribution in [0.3, 0.4) is 0 Å². The van der Waals surface area contributed by atoms with Crippen LogP contribution in [0.15, 0.2) is 11.6 Å². The molecule has 17 nitrogen and oxygen atoms in total. The molecule has 0 saturated carbocycles. The Bertz CT molecular complexity index is 2090. The van der Waals surface area contributed by atoms with Gasteiger partial charge in [-0.05, 0) is 48.7 Å². The molecule has 0 aromatic carbocycles. The molecule has 0 bridgehead atoms. The summed E-state index contributed by atoms with van der Waals surface area (Å²) in [5, 5.41) is 12.8. The molecule has 0 aromatic heterocycles. The van der Waals surface area contributed by atoms with Crippen LogP contribution in [0.4, 0.5) is 22.4 Å². The predicted octanol–water partition coefficient (Wildman–Crippen LogP) is 10.6. The van der Waals surface area contributed by atoms with Gasteiger partial charge in [0.05, 0.1) is 29.0 Å². The monoisotopic (exact) mass is 1170 g/mol. The third-order valence-electron chi connectivity index (χ3n) is 13.1. The summed E-state index contributed by atoms with van der Waals surface area (Å²) < 4.78 is 227. The SMILES string of the molecule is CCCCCCCCS(=O)(=O)N(F)C(N(F)S(=O)(=O)CCCCCCCC)(N(F)S(=O)(=O)CCCCCCCC)C(C=C(C)C(=O)[O-])(N(F)S(=O)(=O)CCCCCCCC)[N+](C)(F)S(=O)(=O)CCCCCCCC. The van der Waals surface area contributed by atoms with E-state index >= 15 is 22.4 Å². The normalized spacial score (nSPS) is 15.4. The Morgan fingerprint density at radius 2 is 0.635 bits per heavy atom. The van der Waals surface area contributed by atoms with Crippen LogP contribution < -0.4 is 5.11 Å². The summed E-state index contributed by atoms with van der Waals surface area (Å²) in [6.07, 6.45) is 6.62. The molecule has 0 rings (SSSR count). The average Bonchev–Trinajstić information content (AvgIpc) is 3.33. The van der Waals surface area contributed by atoms with Crippen molar-refractivity contribution in [1.82, 2.24) is 18.1 Å². The van der Waals surface area contributed by atoms with Gasteiger partial charge in [0.1, 0.15) is 12.8 Å². The Kier molecular flexibility index (Phi) is 34.4. The number of rotatable bonds is 48. The molecule has 0 saturated heterocycles. The van der Waals surface area contributed by atoms with Crippen LogP contribution in [0.25, 0.3) is 0 Å². The van der Waals surface area contributed by atoms with Crippen LogP contribution in [-0.2, 0) is 54.9 Å². The van der Waals surface area contributed by atoms with Crippen molar-refractivity contribution in [2.24, 2.45) is 0 Å². The van der Waals surface area contributed by atoms with Crippen LogP contribution in [0.2, 0.25) is 0 Å². The number of carbonyl (C=O) groups is 1. The molecule has 0 heterocycles. The highest BCUT2D eigenvalue weighted by molar-refractivity contribution is 7.91. The fraction of sp³-hybridized carbons (Fsp3) is 0.936. The molecule has 0 aliphatic carbocycles. The zero-order chi connectivity index (χ0) is 56.9. The third kappa shape index (κ3) is 20.9. The van der Waals surface area contributed by atoms with E-state index in [1.165, 1.54) is 0 Å². The van der Waals surface area contributed by atoms with Gasteiger partial charge in [-0.25, -0.2) is 33.7 Å². The average molecular weight is 1170 g/mol. The predicted molar refractivity (Wildman–Crippen MR) is 279 cm³/mol. The second-order valence-electron chi connectivity index (χ2n) is 19.5. The number of likely N-dealkylation sites (N-methyl/N-ethyl adjacent to an activating group) is 1. The molecule has 0 N–H and O–H groups in total. The number of unbranched alkanes of at least 4 members (excludes halogenated alkanes) is 25. The van der Waals surface area contributed by atoms with Gasteiger partial charge in [0, 0.05) is 28.7 Å². The van der Waals surface area contributed by atoms with Gasteiger partial charge in [0.25, 0.3) is 0 Å². The van der Waals surface area contributed by atoms with Gasteiger partial charge in [0.2, 0.25) is 40.1 Å². The van der Waals surface area contributed by atoms with Gasteiger partial charge in [0.15, 0.2) is 0 Å². The van der Waals surface area contributed by atoms with Crippen molar-refractivity contribution in [2.45, 2.75) is 246 Å². The maximum Gasteiger partial charge on any atom is 0.337 e. The van der Waals surface area contributed by atoms with E-state index in [4.69, 9.17) is 0 Å². The molecular formula is C47H92F5N5O12S5. The third-order valence-corrected chi connectivity index (χ3v) is 21.5. The van der Waals surface area contributed by atoms with Crippen molar-refractivity contribution in [3.05, 3.63) is 11.6 Å². The Balaban J connectivity index is 9.70. The molecule has 0 aliphatic rings. The van der Waals surface area contributed by atoms with Crippen molar-refractivity contribution in [3.8, 4) is 0 Å². The van der Waals surface area contributed by atoms with Crippen molar-refractivity contribution in [1.29, 1.82) is 0 Å². The second-order valence-corrected chi connectivity index (χ2v) is 29.4. The van der Waals surface area contributed by atoms with Crippen LogP contribution in [-0.4, -0.2) is 118 Å². The number of hydrogen-bond acceptors (Lipinski definition) is 12. The Hall–Kier alpha value is -1.59. The molecule has 0 aromatic rings. The molecule has 0 radical (unpaired) electrons. The lowest BCUT2D eigenvalue weighted by atomic mass is 9.99. The zero-order valence-corrected chi connectivity index (χ0v) is 49.5. The minimum atomic E-state index is -6.45. The number of hydrogen-bond donors (Lipinski definition) is 0. The molecule has 442 valence electrons. The number of sulfonamides is 5. The fourth-order valence-electron chi connectivity index (χ4n) is 8.55. The quantitative estimate of drug-likeness (QED) is 0.0182. The maximum absolute atomic E-state index is 19.1. The number of halogens is 5. The fourth-order valence-corrected chi connectivity index (χ4v) is 16.0.